The van der Waals surface area contributed by atoms with Crippen LogP contribution < -0.4 is 15.8 Å². The Morgan fingerprint density at radius 2 is 2.21 bits per heavy atom. The van der Waals surface area contributed by atoms with E-state index in [0.29, 0.717) is 36.5 Å². The highest BCUT2D eigenvalue weighted by molar-refractivity contribution is 5.87. The van der Waals surface area contributed by atoms with Crippen molar-refractivity contribution in [1.82, 2.24) is 19.9 Å². The Bertz CT molecular complexity index is 1050. The van der Waals surface area contributed by atoms with Gasteiger partial charge in [0.1, 0.15) is 17.9 Å². The Kier molecular flexibility index (Phi) is 7.18. The number of nitrogens with one attached hydrogen (secondary N) is 2. The third-order valence-electron chi connectivity index (χ3n) is 5.66. The van der Waals surface area contributed by atoms with Crippen molar-refractivity contribution in [2.75, 3.05) is 31.6 Å². The lowest BCUT2D eigenvalue weighted by molar-refractivity contribution is -0.130. The molecule has 2 aliphatic heterocycles. The number of H-pyrrole nitrogens is 1. The maximum atomic E-state index is 14.6. The molecule has 0 aliphatic carbocycles. The second kappa shape index (κ2) is 10.4. The number of aromatic amines is 1. The first kappa shape index (κ1) is 22.7. The van der Waals surface area contributed by atoms with Crippen molar-refractivity contribution in [3.05, 3.63) is 36.8 Å². The lowest BCUT2D eigenvalue weighted by Gasteiger charge is -2.34. The average molecular weight is 458 g/mol. The van der Waals surface area contributed by atoms with Crippen LogP contribution in [0.5, 0.6) is 5.88 Å². The van der Waals surface area contributed by atoms with Crippen molar-refractivity contribution in [2.45, 2.75) is 37.6 Å². The fraction of sp³-hybridized carbons (Fsp3) is 0.455. The summed E-state index contributed by atoms with van der Waals surface area (Å²) in [4.78, 5) is 30.0. The van der Waals surface area contributed by atoms with Gasteiger partial charge in [0.25, 0.3) is 0 Å². The molecule has 2 aliphatic rings. The van der Waals surface area contributed by atoms with Gasteiger partial charge < -0.3 is 30.4 Å². The number of nitrogens with zero attached hydrogens (tertiary/aromatic N) is 4. The molecule has 33 heavy (non-hydrogen) atoms. The molecule has 2 aromatic heterocycles. The Morgan fingerprint density at radius 1 is 1.39 bits per heavy atom. The monoisotopic (exact) mass is 457 g/mol. The van der Waals surface area contributed by atoms with Crippen LogP contribution in [0.1, 0.15) is 19.3 Å². The maximum absolute atomic E-state index is 14.6. The highest BCUT2D eigenvalue weighted by Gasteiger charge is 2.33. The number of hydrogen-bond donors (Lipinski definition) is 3. The minimum absolute atomic E-state index is 0.108. The van der Waals surface area contributed by atoms with Crippen LogP contribution >= 0.6 is 0 Å². The molecule has 4 rings (SSSR count). The van der Waals surface area contributed by atoms with Crippen LogP contribution in [-0.2, 0) is 9.53 Å². The van der Waals surface area contributed by atoms with E-state index in [1.54, 1.807) is 18.5 Å². The molecule has 0 aromatic carbocycles. The number of anilines is 1. The summed E-state index contributed by atoms with van der Waals surface area (Å²) in [5.74, 6) is 0.177. The lowest BCUT2D eigenvalue weighted by atomic mass is 10.1. The topological polar surface area (TPSA) is 131 Å². The van der Waals surface area contributed by atoms with Gasteiger partial charge in [0.2, 0.25) is 17.7 Å². The van der Waals surface area contributed by atoms with E-state index < -0.39 is 12.3 Å². The first-order valence-electron chi connectivity index (χ1n) is 10.9. The number of hydrogen-bond acceptors (Lipinski definition) is 8. The molecule has 1 amide bonds. The minimum atomic E-state index is -1.23. The van der Waals surface area contributed by atoms with Crippen LogP contribution in [0.2, 0.25) is 0 Å². The Labute approximate surface area is 190 Å². The van der Waals surface area contributed by atoms with Crippen LogP contribution in [-0.4, -0.2) is 76.6 Å². The molecule has 4 heterocycles. The molecular weight excluding hydrogens is 429 g/mol. The van der Waals surface area contributed by atoms with E-state index >= 15 is 0 Å². The van der Waals surface area contributed by atoms with Crippen molar-refractivity contribution in [1.29, 1.82) is 0 Å². The summed E-state index contributed by atoms with van der Waals surface area (Å²) in [7, 11) is 0. The number of rotatable bonds is 7. The van der Waals surface area contributed by atoms with Gasteiger partial charge in [-0.15, -0.1) is 0 Å². The van der Waals surface area contributed by atoms with Crippen molar-refractivity contribution < 1.29 is 18.7 Å². The van der Waals surface area contributed by atoms with Gasteiger partial charge in [0, 0.05) is 38.4 Å². The maximum Gasteiger partial charge on any atom is 0.246 e. The zero-order valence-corrected chi connectivity index (χ0v) is 18.2. The van der Waals surface area contributed by atoms with Gasteiger partial charge in [-0.2, -0.15) is 9.97 Å². The molecule has 2 fully saturated rings. The third-order valence-corrected chi connectivity index (χ3v) is 5.66. The van der Waals surface area contributed by atoms with Crippen molar-refractivity contribution in [2.24, 2.45) is 10.7 Å². The number of ether oxygens (including phenoxy) is 2. The van der Waals surface area contributed by atoms with E-state index in [-0.39, 0.29) is 36.7 Å². The Hall–Kier alpha value is -3.47. The number of nitrogens with two attached hydrogens (primary N) is 1. The van der Waals surface area contributed by atoms with Gasteiger partial charge in [-0.05, 0) is 31.4 Å². The second-order valence-electron chi connectivity index (χ2n) is 7.91. The predicted octanol–water partition coefficient (Wildman–Crippen LogP) is 1.92. The average Bonchev–Trinajstić information content (AvgIpc) is 3.32. The van der Waals surface area contributed by atoms with Gasteiger partial charge in [0.05, 0.1) is 23.7 Å². The first-order valence-corrected chi connectivity index (χ1v) is 10.9. The number of aromatic nitrogens is 3. The van der Waals surface area contributed by atoms with Crippen molar-refractivity contribution in [3.63, 3.8) is 0 Å². The molecule has 176 valence electrons. The van der Waals surface area contributed by atoms with Gasteiger partial charge in [-0.3, -0.25) is 9.79 Å². The molecule has 10 nitrogen and oxygen atoms in total. The molecule has 0 saturated carbocycles. The summed E-state index contributed by atoms with van der Waals surface area (Å²) >= 11 is 0. The summed E-state index contributed by atoms with van der Waals surface area (Å²) in [6.45, 7) is 5.31. The van der Waals surface area contributed by atoms with Crippen LogP contribution in [0.4, 0.5) is 10.3 Å². The Morgan fingerprint density at radius 3 is 2.97 bits per heavy atom. The number of fused-ring (bicyclic) bond motifs is 1. The number of carbonyl (C=O) groups excluding carboxylic acids is 1. The fourth-order valence-electron chi connectivity index (χ4n) is 3.80. The van der Waals surface area contributed by atoms with E-state index in [4.69, 9.17) is 15.2 Å². The van der Waals surface area contributed by atoms with Gasteiger partial charge in [0.15, 0.2) is 0 Å². The summed E-state index contributed by atoms with van der Waals surface area (Å²) in [6, 6.07) is 1.93. The molecule has 2 atom stereocenters. The lowest BCUT2D eigenvalue weighted by Crippen LogP contribution is -2.49. The smallest absolute Gasteiger partial charge is 0.246 e. The number of likely N-dealkylation sites (tertiary alicyclic amines) is 1. The summed E-state index contributed by atoms with van der Waals surface area (Å²) in [5.41, 5.74) is 6.80. The van der Waals surface area contributed by atoms with Crippen LogP contribution in [0.3, 0.4) is 0 Å². The zero-order valence-electron chi connectivity index (χ0n) is 18.2. The first-order chi connectivity index (χ1) is 16.1. The fourth-order valence-corrected chi connectivity index (χ4v) is 3.80. The van der Waals surface area contributed by atoms with Crippen molar-refractivity contribution in [3.8, 4) is 5.88 Å². The van der Waals surface area contributed by atoms with E-state index in [1.165, 1.54) is 17.2 Å². The van der Waals surface area contributed by atoms with Crippen molar-refractivity contribution >= 4 is 29.1 Å². The summed E-state index contributed by atoms with van der Waals surface area (Å²) in [5, 5.41) is 3.64. The van der Waals surface area contributed by atoms with E-state index in [9.17, 15) is 9.18 Å². The second-order valence-corrected chi connectivity index (χ2v) is 7.91. The normalized spacial score (nSPS) is 22.6. The molecular formula is C22H28FN7O3. The van der Waals surface area contributed by atoms with Crippen LogP contribution in [0.25, 0.3) is 11.0 Å². The zero-order chi connectivity index (χ0) is 23.2. The van der Waals surface area contributed by atoms with Gasteiger partial charge >= 0.3 is 0 Å². The highest BCUT2D eigenvalue weighted by Crippen LogP contribution is 2.27. The number of amides is 1. The number of piperidine rings is 1. The number of aliphatic imine (C=N–C) groups is 1. The quantitative estimate of drug-likeness (QED) is 0.428. The predicted molar refractivity (Wildman–Crippen MR) is 123 cm³/mol. The van der Waals surface area contributed by atoms with E-state index in [2.05, 4.69) is 31.8 Å². The number of allylic oxidation sites excluding steroid dienone is 1. The highest BCUT2D eigenvalue weighted by atomic mass is 19.1. The largest absolute Gasteiger partial charge is 0.469 e. The number of halogens is 1. The molecule has 1 unspecified atom stereocenters. The summed E-state index contributed by atoms with van der Waals surface area (Å²) < 4.78 is 25.9. The molecule has 0 bridgehead atoms. The number of alkyl halides is 1. The molecule has 4 N–H and O–H groups in total. The van der Waals surface area contributed by atoms with Crippen LogP contribution in [0, 0.1) is 0 Å². The Balaban J connectivity index is 1.52. The molecule has 2 saturated heterocycles. The standard InChI is InChI=1S/C22H28FN7O3/c1-2-19(31)30-8-4-17(23)18(13-30)33-21-16-3-7-25-20(16)28-22(29-21)27-15(11-24)12-26-14-5-9-32-10-6-14/h2-3,7,11-12,14,17-18H,1,4-6,8-10,13,24H2,(H2,25,27,28,29)/t17-,18?/m0/s1. The molecule has 2 aromatic rings. The number of carbonyl (C=O) groups is 1. The summed E-state index contributed by atoms with van der Waals surface area (Å²) in [6.07, 6.45) is 5.74. The van der Waals surface area contributed by atoms with Gasteiger partial charge in [-0.25, -0.2) is 4.39 Å². The SMILES string of the molecule is C=CC(=O)N1CC[C@H](F)C(Oc2nc(NC(C=NC3CCOCC3)=CN)nc3[nH]ccc23)C1. The molecule has 11 heteroatoms. The van der Waals surface area contributed by atoms with Crippen LogP contribution in [0.15, 0.2) is 41.8 Å². The van der Waals surface area contributed by atoms with E-state index in [0.717, 1.165) is 12.8 Å². The van der Waals surface area contributed by atoms with E-state index in [1.807, 2.05) is 0 Å². The molecule has 0 spiro atoms. The third kappa shape index (κ3) is 5.48. The molecule has 0 radical (unpaired) electrons. The van der Waals surface area contributed by atoms with Gasteiger partial charge in [-0.1, -0.05) is 6.58 Å². The minimum Gasteiger partial charge on any atom is -0.469 e.